The summed E-state index contributed by atoms with van der Waals surface area (Å²) in [5.41, 5.74) is 6.75. The summed E-state index contributed by atoms with van der Waals surface area (Å²) in [5.74, 6) is -1.38. The summed E-state index contributed by atoms with van der Waals surface area (Å²) in [6, 6.07) is 22.1. The van der Waals surface area contributed by atoms with E-state index >= 15 is 0 Å². The number of rotatable bonds is 5. The average molecular weight is 386 g/mol. The molecular formula is C24H19FN2O2. The third kappa shape index (κ3) is 3.80. The van der Waals surface area contributed by atoms with Crippen LogP contribution in [0.15, 0.2) is 78.9 Å². The van der Waals surface area contributed by atoms with Gasteiger partial charge in [0.25, 0.3) is 5.91 Å². The maximum absolute atomic E-state index is 13.3. The number of carbonyl (C=O) groups is 2. The van der Waals surface area contributed by atoms with Crippen molar-refractivity contribution >= 4 is 33.4 Å². The van der Waals surface area contributed by atoms with E-state index in [4.69, 9.17) is 5.73 Å². The number of hydrogen-bond donors (Lipinski definition) is 2. The summed E-state index contributed by atoms with van der Waals surface area (Å²) in [5, 5.41) is 6.24. The van der Waals surface area contributed by atoms with Crippen LogP contribution in [-0.4, -0.2) is 17.9 Å². The zero-order valence-corrected chi connectivity index (χ0v) is 15.6. The second kappa shape index (κ2) is 7.72. The van der Waals surface area contributed by atoms with E-state index in [1.165, 1.54) is 12.1 Å². The Kier molecular flexibility index (Phi) is 4.96. The lowest BCUT2D eigenvalue weighted by Gasteiger charge is -2.18. The lowest BCUT2D eigenvalue weighted by atomic mass is 9.95. The first-order valence-corrected chi connectivity index (χ1v) is 9.28. The molecule has 0 radical (unpaired) electrons. The van der Waals surface area contributed by atoms with Crippen LogP contribution >= 0.6 is 0 Å². The lowest BCUT2D eigenvalue weighted by Crippen LogP contribution is -2.46. The number of halogens is 1. The summed E-state index contributed by atoms with van der Waals surface area (Å²) in [4.78, 5) is 25.3. The Bertz CT molecular complexity index is 1160. The molecule has 0 heterocycles. The quantitative estimate of drug-likeness (QED) is 0.510. The second-order valence-corrected chi connectivity index (χ2v) is 6.95. The largest absolute Gasteiger partial charge is 0.368 e. The minimum Gasteiger partial charge on any atom is -0.368 e. The van der Waals surface area contributed by atoms with Crippen LogP contribution in [-0.2, 0) is 11.2 Å². The highest BCUT2D eigenvalue weighted by atomic mass is 19.1. The first kappa shape index (κ1) is 18.6. The van der Waals surface area contributed by atoms with Crippen molar-refractivity contribution in [1.29, 1.82) is 0 Å². The highest BCUT2D eigenvalue weighted by Gasteiger charge is 2.22. The predicted molar refractivity (Wildman–Crippen MR) is 112 cm³/mol. The number of carbonyl (C=O) groups excluding carboxylic acids is 2. The van der Waals surface area contributed by atoms with Gasteiger partial charge < -0.3 is 11.1 Å². The van der Waals surface area contributed by atoms with Crippen LogP contribution in [0.3, 0.4) is 0 Å². The van der Waals surface area contributed by atoms with E-state index in [0.29, 0.717) is 11.1 Å². The van der Waals surface area contributed by atoms with Crippen molar-refractivity contribution in [2.24, 2.45) is 5.73 Å². The SMILES string of the molecule is NC(=O)[C@H](Cc1ccc(F)cc1)NC(=O)c1c2ccccc2cc2ccccc12. The number of benzene rings is 4. The van der Waals surface area contributed by atoms with Crippen molar-refractivity contribution in [2.75, 3.05) is 0 Å². The first-order valence-electron chi connectivity index (χ1n) is 9.28. The third-order valence-electron chi connectivity index (χ3n) is 5.00. The fourth-order valence-electron chi connectivity index (χ4n) is 3.57. The minimum absolute atomic E-state index is 0.185. The third-order valence-corrected chi connectivity index (χ3v) is 5.00. The average Bonchev–Trinajstić information content (AvgIpc) is 2.72. The highest BCUT2D eigenvalue weighted by Crippen LogP contribution is 2.28. The van der Waals surface area contributed by atoms with Crippen LogP contribution in [0, 0.1) is 5.82 Å². The Balaban J connectivity index is 1.73. The molecule has 0 fully saturated rings. The number of hydrogen-bond acceptors (Lipinski definition) is 2. The molecule has 3 N–H and O–H groups in total. The van der Waals surface area contributed by atoms with Crippen molar-refractivity contribution in [3.8, 4) is 0 Å². The molecule has 4 aromatic rings. The molecule has 0 aromatic heterocycles. The van der Waals surface area contributed by atoms with Gasteiger partial charge in [-0.1, -0.05) is 60.7 Å². The number of amides is 2. The second-order valence-electron chi connectivity index (χ2n) is 6.95. The maximum Gasteiger partial charge on any atom is 0.253 e. The van der Waals surface area contributed by atoms with Gasteiger partial charge in [-0.25, -0.2) is 4.39 Å². The Morgan fingerprint density at radius 2 is 1.41 bits per heavy atom. The lowest BCUT2D eigenvalue weighted by molar-refractivity contribution is -0.119. The van der Waals surface area contributed by atoms with Crippen LogP contribution in [0.1, 0.15) is 15.9 Å². The Hall–Kier alpha value is -3.73. The Morgan fingerprint density at radius 3 is 1.97 bits per heavy atom. The van der Waals surface area contributed by atoms with Gasteiger partial charge in [0.05, 0.1) is 5.56 Å². The van der Waals surface area contributed by atoms with Gasteiger partial charge in [0.2, 0.25) is 5.91 Å². The molecule has 1 atom stereocenters. The molecule has 2 amide bonds. The van der Waals surface area contributed by atoms with E-state index in [9.17, 15) is 14.0 Å². The van der Waals surface area contributed by atoms with E-state index < -0.39 is 11.9 Å². The molecule has 0 aliphatic rings. The van der Waals surface area contributed by atoms with Crippen molar-refractivity contribution in [3.05, 3.63) is 95.8 Å². The molecule has 0 saturated carbocycles. The van der Waals surface area contributed by atoms with Crippen LogP contribution < -0.4 is 11.1 Å². The molecule has 144 valence electrons. The first-order chi connectivity index (χ1) is 14.0. The van der Waals surface area contributed by atoms with Crippen molar-refractivity contribution in [2.45, 2.75) is 12.5 Å². The van der Waals surface area contributed by atoms with Gasteiger partial charge in [-0.3, -0.25) is 9.59 Å². The van der Waals surface area contributed by atoms with Gasteiger partial charge >= 0.3 is 0 Å². The summed E-state index contributed by atoms with van der Waals surface area (Å²) in [6.45, 7) is 0. The fraction of sp³-hybridized carbons (Fsp3) is 0.0833. The zero-order chi connectivity index (χ0) is 20.4. The Morgan fingerprint density at radius 1 is 0.862 bits per heavy atom. The fourth-order valence-corrected chi connectivity index (χ4v) is 3.57. The molecular weight excluding hydrogens is 367 g/mol. The number of nitrogens with two attached hydrogens (primary N) is 1. The summed E-state index contributed by atoms with van der Waals surface area (Å²) in [7, 11) is 0. The molecule has 0 unspecified atom stereocenters. The van der Waals surface area contributed by atoms with Crippen molar-refractivity contribution < 1.29 is 14.0 Å². The van der Waals surface area contributed by atoms with E-state index in [-0.39, 0.29) is 18.1 Å². The van der Waals surface area contributed by atoms with E-state index in [2.05, 4.69) is 5.32 Å². The van der Waals surface area contributed by atoms with Gasteiger partial charge in [-0.2, -0.15) is 0 Å². The molecule has 0 aliphatic carbocycles. The van der Waals surface area contributed by atoms with Crippen LogP contribution in [0.5, 0.6) is 0 Å². The minimum atomic E-state index is -0.911. The molecule has 0 saturated heterocycles. The van der Waals surface area contributed by atoms with Crippen LogP contribution in [0.4, 0.5) is 4.39 Å². The molecule has 4 aromatic carbocycles. The monoisotopic (exact) mass is 386 g/mol. The molecule has 0 bridgehead atoms. The van der Waals surface area contributed by atoms with Gasteiger partial charge in [0, 0.05) is 6.42 Å². The van der Waals surface area contributed by atoms with E-state index in [0.717, 1.165) is 21.5 Å². The number of primary amides is 1. The van der Waals surface area contributed by atoms with Crippen molar-refractivity contribution in [1.82, 2.24) is 5.32 Å². The number of fused-ring (bicyclic) bond motifs is 2. The predicted octanol–water partition coefficient (Wildman–Crippen LogP) is 3.96. The van der Waals surface area contributed by atoms with Gasteiger partial charge in [-0.05, 0) is 45.3 Å². The maximum atomic E-state index is 13.3. The molecule has 0 aliphatic heterocycles. The standard InChI is InChI=1S/C24H19FN2O2/c25-18-11-9-15(10-12-18)13-21(23(26)28)27-24(29)22-19-7-3-1-5-16(19)14-17-6-2-4-8-20(17)22/h1-12,14,21H,13H2,(H2,26,28)(H,27,29)/t21-/m0/s1. The van der Waals surface area contributed by atoms with Gasteiger partial charge in [-0.15, -0.1) is 0 Å². The van der Waals surface area contributed by atoms with E-state index in [1.807, 2.05) is 54.6 Å². The van der Waals surface area contributed by atoms with Crippen molar-refractivity contribution in [3.63, 3.8) is 0 Å². The molecule has 5 heteroatoms. The smallest absolute Gasteiger partial charge is 0.253 e. The highest BCUT2D eigenvalue weighted by molar-refractivity contribution is 6.18. The van der Waals surface area contributed by atoms with Gasteiger partial charge in [0.1, 0.15) is 11.9 Å². The van der Waals surface area contributed by atoms with Crippen LogP contribution in [0.2, 0.25) is 0 Å². The van der Waals surface area contributed by atoms with E-state index in [1.54, 1.807) is 12.1 Å². The number of nitrogens with one attached hydrogen (secondary N) is 1. The Labute approximate surface area is 167 Å². The topological polar surface area (TPSA) is 72.2 Å². The van der Waals surface area contributed by atoms with Gasteiger partial charge in [0.15, 0.2) is 0 Å². The van der Waals surface area contributed by atoms with Crippen LogP contribution in [0.25, 0.3) is 21.5 Å². The molecule has 0 spiro atoms. The molecule has 4 rings (SSSR count). The molecule has 4 nitrogen and oxygen atoms in total. The summed E-state index contributed by atoms with van der Waals surface area (Å²) in [6.07, 6.45) is 0.185. The molecule has 29 heavy (non-hydrogen) atoms. The normalized spacial score (nSPS) is 12.0. The summed E-state index contributed by atoms with van der Waals surface area (Å²) >= 11 is 0. The zero-order valence-electron chi connectivity index (χ0n) is 15.6. The summed E-state index contributed by atoms with van der Waals surface area (Å²) < 4.78 is 13.1.